The first-order chi connectivity index (χ1) is 10.1. The number of hydrogen-bond donors (Lipinski definition) is 2. The maximum Gasteiger partial charge on any atom is 0.316 e. The molecule has 2 aliphatic rings. The van der Waals surface area contributed by atoms with Gasteiger partial charge in [0.25, 0.3) is 0 Å². The highest BCUT2D eigenvalue weighted by Crippen LogP contribution is 2.22. The number of guanidine groups is 1. The van der Waals surface area contributed by atoms with Gasteiger partial charge in [-0.05, 0) is 18.9 Å². The molecule has 0 spiro atoms. The molecule has 110 valence electrons. The Labute approximate surface area is 123 Å². The summed E-state index contributed by atoms with van der Waals surface area (Å²) in [5, 5.41) is 4.88. The van der Waals surface area contributed by atoms with Crippen LogP contribution in [-0.2, 0) is 16.1 Å². The Bertz CT molecular complexity index is 567. The molecular weight excluding hydrogens is 268 g/mol. The summed E-state index contributed by atoms with van der Waals surface area (Å²) in [7, 11) is 0. The number of rotatable bonds is 3. The summed E-state index contributed by atoms with van der Waals surface area (Å²) >= 11 is 0. The second-order valence-electron chi connectivity index (χ2n) is 5.54. The molecule has 0 saturated carbocycles. The highest BCUT2D eigenvalue weighted by Gasteiger charge is 2.31. The van der Waals surface area contributed by atoms with E-state index in [1.54, 1.807) is 0 Å². The molecule has 0 bridgehead atoms. The smallest absolute Gasteiger partial charge is 0.294 e. The fourth-order valence-corrected chi connectivity index (χ4v) is 2.81. The van der Waals surface area contributed by atoms with E-state index in [1.165, 1.54) is 5.56 Å². The van der Waals surface area contributed by atoms with Gasteiger partial charge in [0.2, 0.25) is 5.96 Å². The van der Waals surface area contributed by atoms with Crippen molar-refractivity contribution in [2.24, 2.45) is 4.99 Å². The first-order valence-electron chi connectivity index (χ1n) is 7.10. The minimum Gasteiger partial charge on any atom is -0.294 e. The van der Waals surface area contributed by atoms with E-state index in [9.17, 15) is 9.59 Å². The summed E-state index contributed by atoms with van der Waals surface area (Å²) < 4.78 is 0. The normalized spacial score (nSPS) is 25.9. The summed E-state index contributed by atoms with van der Waals surface area (Å²) in [6.07, 6.45) is 0.919. The Morgan fingerprint density at radius 1 is 1.19 bits per heavy atom. The van der Waals surface area contributed by atoms with Crippen molar-refractivity contribution in [2.45, 2.75) is 32.0 Å². The minimum atomic E-state index is -0.638. The molecule has 21 heavy (non-hydrogen) atoms. The molecule has 2 aliphatic heterocycles. The highest BCUT2D eigenvalue weighted by molar-refractivity contribution is 6.45. The Hall–Kier alpha value is -2.21. The molecule has 1 aromatic carbocycles. The molecule has 0 aromatic heterocycles. The van der Waals surface area contributed by atoms with E-state index in [2.05, 4.69) is 39.6 Å². The lowest BCUT2D eigenvalue weighted by Gasteiger charge is -2.20. The van der Waals surface area contributed by atoms with Gasteiger partial charge in [-0.1, -0.05) is 30.3 Å². The third kappa shape index (κ3) is 3.11. The molecule has 0 aliphatic carbocycles. The molecule has 2 heterocycles. The lowest BCUT2D eigenvalue weighted by Crippen LogP contribution is -2.29. The molecule has 6 nitrogen and oxygen atoms in total. The van der Waals surface area contributed by atoms with Crippen LogP contribution in [0.15, 0.2) is 35.3 Å². The van der Waals surface area contributed by atoms with E-state index in [0.29, 0.717) is 6.04 Å². The van der Waals surface area contributed by atoms with Crippen LogP contribution in [0.5, 0.6) is 0 Å². The molecule has 2 unspecified atom stereocenters. The van der Waals surface area contributed by atoms with Gasteiger partial charge in [0, 0.05) is 19.1 Å². The highest BCUT2D eigenvalue weighted by atomic mass is 16.2. The van der Waals surface area contributed by atoms with Gasteiger partial charge in [0.05, 0.1) is 6.04 Å². The van der Waals surface area contributed by atoms with Crippen LogP contribution in [0, 0.1) is 0 Å². The number of benzene rings is 1. The van der Waals surface area contributed by atoms with Crippen LogP contribution >= 0.6 is 0 Å². The predicted molar refractivity (Wildman–Crippen MR) is 78.4 cm³/mol. The number of carbonyl (C=O) groups is 2. The predicted octanol–water partition coefficient (Wildman–Crippen LogP) is 0.251. The maximum atomic E-state index is 11.1. The average molecular weight is 286 g/mol. The maximum absolute atomic E-state index is 11.1. The van der Waals surface area contributed by atoms with Gasteiger partial charge in [-0.25, -0.2) is 4.99 Å². The third-order valence-corrected chi connectivity index (χ3v) is 3.89. The zero-order valence-corrected chi connectivity index (χ0v) is 11.9. The van der Waals surface area contributed by atoms with E-state index < -0.39 is 11.8 Å². The molecule has 2 fully saturated rings. The van der Waals surface area contributed by atoms with E-state index in [0.717, 1.165) is 19.5 Å². The number of nitrogens with zero attached hydrogens (tertiary/aromatic N) is 2. The third-order valence-electron chi connectivity index (χ3n) is 3.89. The Balaban J connectivity index is 1.62. The summed E-state index contributed by atoms with van der Waals surface area (Å²) in [4.78, 5) is 29.0. The number of likely N-dealkylation sites (tertiary alicyclic amines) is 1. The topological polar surface area (TPSA) is 73.8 Å². The summed E-state index contributed by atoms with van der Waals surface area (Å²) in [5.41, 5.74) is 1.28. The first-order valence-corrected chi connectivity index (χ1v) is 7.10. The van der Waals surface area contributed by atoms with E-state index in [1.807, 2.05) is 18.2 Å². The fraction of sp³-hybridized carbons (Fsp3) is 0.400. The Morgan fingerprint density at radius 2 is 1.86 bits per heavy atom. The zero-order valence-electron chi connectivity index (χ0n) is 11.9. The van der Waals surface area contributed by atoms with Crippen LogP contribution in [0.1, 0.15) is 18.9 Å². The van der Waals surface area contributed by atoms with Crippen molar-refractivity contribution in [3.63, 3.8) is 0 Å². The molecule has 2 N–H and O–H groups in total. The van der Waals surface area contributed by atoms with Crippen LogP contribution in [-0.4, -0.2) is 41.3 Å². The molecule has 0 radical (unpaired) electrons. The van der Waals surface area contributed by atoms with Gasteiger partial charge in [0.15, 0.2) is 0 Å². The van der Waals surface area contributed by atoms with Crippen LogP contribution in [0.4, 0.5) is 0 Å². The van der Waals surface area contributed by atoms with Crippen LogP contribution < -0.4 is 10.6 Å². The van der Waals surface area contributed by atoms with Crippen LogP contribution in [0.2, 0.25) is 0 Å². The summed E-state index contributed by atoms with van der Waals surface area (Å²) in [6.45, 7) is 3.89. The van der Waals surface area contributed by atoms with Crippen molar-refractivity contribution in [1.82, 2.24) is 15.5 Å². The zero-order chi connectivity index (χ0) is 14.8. The van der Waals surface area contributed by atoms with Crippen molar-refractivity contribution in [3.05, 3.63) is 35.9 Å². The van der Waals surface area contributed by atoms with Crippen molar-refractivity contribution in [1.29, 1.82) is 0 Å². The largest absolute Gasteiger partial charge is 0.316 e. The number of nitrogens with one attached hydrogen (secondary N) is 2. The average Bonchev–Trinajstić information content (AvgIpc) is 2.95. The van der Waals surface area contributed by atoms with Crippen molar-refractivity contribution in [2.75, 3.05) is 6.54 Å². The van der Waals surface area contributed by atoms with Crippen LogP contribution in [0.25, 0.3) is 0 Å². The Kier molecular flexibility index (Phi) is 3.70. The fourth-order valence-electron chi connectivity index (χ4n) is 2.81. The lowest BCUT2D eigenvalue weighted by molar-refractivity contribution is -0.135. The second-order valence-corrected chi connectivity index (χ2v) is 5.54. The molecule has 2 amide bonds. The lowest BCUT2D eigenvalue weighted by atomic mass is 10.2. The minimum absolute atomic E-state index is 0.0948. The summed E-state index contributed by atoms with van der Waals surface area (Å²) in [5.74, 6) is -0.995. The summed E-state index contributed by atoms with van der Waals surface area (Å²) in [6, 6.07) is 10.8. The SMILES string of the molecule is CC1CC(N=C2NC(=O)C(=O)N2)CN1Cc1ccccc1. The monoisotopic (exact) mass is 286 g/mol. The van der Waals surface area contributed by atoms with Crippen molar-refractivity contribution >= 4 is 17.8 Å². The van der Waals surface area contributed by atoms with Crippen LogP contribution in [0.3, 0.4) is 0 Å². The molecular formula is C15H18N4O2. The molecule has 2 saturated heterocycles. The van der Waals surface area contributed by atoms with E-state index >= 15 is 0 Å². The molecule has 6 heteroatoms. The molecule has 1 aromatic rings. The molecule has 2 atom stereocenters. The first kappa shape index (κ1) is 13.8. The number of amides is 2. The van der Waals surface area contributed by atoms with Gasteiger partial charge < -0.3 is 0 Å². The standard InChI is InChI=1S/C15H18N4O2/c1-10-7-12(16-15-17-13(20)14(21)18-15)9-19(10)8-11-5-3-2-4-6-11/h2-6,10,12H,7-9H2,1H3,(H2,16,17,18,20,21). The van der Waals surface area contributed by atoms with Gasteiger partial charge >= 0.3 is 11.8 Å². The second kappa shape index (κ2) is 5.65. The number of carbonyl (C=O) groups excluding carboxylic acids is 2. The van der Waals surface area contributed by atoms with E-state index in [-0.39, 0.29) is 12.0 Å². The number of aliphatic imine (C=N–C) groups is 1. The van der Waals surface area contributed by atoms with Gasteiger partial charge in [-0.2, -0.15) is 0 Å². The van der Waals surface area contributed by atoms with Crippen molar-refractivity contribution in [3.8, 4) is 0 Å². The van der Waals surface area contributed by atoms with Gasteiger partial charge in [-0.3, -0.25) is 25.1 Å². The van der Waals surface area contributed by atoms with Crippen molar-refractivity contribution < 1.29 is 9.59 Å². The van der Waals surface area contributed by atoms with Gasteiger partial charge in [0.1, 0.15) is 0 Å². The van der Waals surface area contributed by atoms with E-state index in [4.69, 9.17) is 0 Å². The molecule has 3 rings (SSSR count). The Morgan fingerprint density at radius 3 is 2.52 bits per heavy atom. The number of hydrogen-bond acceptors (Lipinski definition) is 4. The quantitative estimate of drug-likeness (QED) is 0.782. The van der Waals surface area contributed by atoms with Gasteiger partial charge in [-0.15, -0.1) is 0 Å².